The predicted molar refractivity (Wildman–Crippen MR) is 73.9 cm³/mol. The molecule has 94 valence electrons. The minimum atomic E-state index is 0.327. The van der Waals surface area contributed by atoms with Crippen LogP contribution in [0.4, 0.5) is 0 Å². The number of benzene rings is 1. The zero-order valence-corrected chi connectivity index (χ0v) is 11.9. The zero-order valence-electron chi connectivity index (χ0n) is 10.3. The molecule has 1 N–H and O–H groups in total. The van der Waals surface area contributed by atoms with Crippen molar-refractivity contribution in [3.63, 3.8) is 0 Å². The number of hydrogen-bond acceptors (Lipinski definition) is 2. The van der Waals surface area contributed by atoms with Crippen molar-refractivity contribution in [2.24, 2.45) is 5.92 Å². The number of rotatable bonds is 4. The Bertz CT molecular complexity index is 352. The number of aliphatic hydroxyl groups is 1. The molecule has 2 atom stereocenters. The molecule has 1 aromatic carbocycles. The van der Waals surface area contributed by atoms with E-state index in [1.165, 1.54) is 5.56 Å². The largest absolute Gasteiger partial charge is 0.396 e. The van der Waals surface area contributed by atoms with Gasteiger partial charge < -0.3 is 5.11 Å². The zero-order chi connectivity index (χ0) is 12.3. The summed E-state index contributed by atoms with van der Waals surface area (Å²) < 4.78 is 1.13. The van der Waals surface area contributed by atoms with E-state index in [4.69, 9.17) is 0 Å². The molecule has 0 aromatic heterocycles. The van der Waals surface area contributed by atoms with E-state index < -0.39 is 0 Å². The average Bonchev–Trinajstić information content (AvgIpc) is 2.81. The SMILES string of the molecule is CC[C@H](c1ccc(Br)cc1)N1CC[C@H](CO)C1. The average molecular weight is 298 g/mol. The Morgan fingerprint density at radius 1 is 1.41 bits per heavy atom. The van der Waals surface area contributed by atoms with Crippen LogP contribution >= 0.6 is 15.9 Å². The van der Waals surface area contributed by atoms with Gasteiger partial charge in [0, 0.05) is 23.7 Å². The molecule has 1 fully saturated rings. The fraction of sp³-hybridized carbons (Fsp3) is 0.571. The summed E-state index contributed by atoms with van der Waals surface area (Å²) in [5.41, 5.74) is 1.38. The molecule has 1 heterocycles. The lowest BCUT2D eigenvalue weighted by Crippen LogP contribution is -2.26. The first-order valence-electron chi connectivity index (χ1n) is 6.35. The third-order valence-corrected chi connectivity index (χ3v) is 4.19. The summed E-state index contributed by atoms with van der Waals surface area (Å²) in [6.07, 6.45) is 2.25. The second kappa shape index (κ2) is 5.98. The van der Waals surface area contributed by atoms with Gasteiger partial charge in [0.15, 0.2) is 0 Å². The van der Waals surface area contributed by atoms with Crippen LogP contribution < -0.4 is 0 Å². The molecule has 0 spiro atoms. The molecule has 0 unspecified atom stereocenters. The van der Waals surface area contributed by atoms with Crippen LogP contribution in [0.5, 0.6) is 0 Å². The molecule has 1 aliphatic rings. The smallest absolute Gasteiger partial charge is 0.0471 e. The van der Waals surface area contributed by atoms with E-state index in [0.717, 1.165) is 30.4 Å². The highest BCUT2D eigenvalue weighted by molar-refractivity contribution is 9.10. The van der Waals surface area contributed by atoms with Gasteiger partial charge in [0.2, 0.25) is 0 Å². The van der Waals surface area contributed by atoms with Crippen LogP contribution in [0.3, 0.4) is 0 Å². The van der Waals surface area contributed by atoms with Gasteiger partial charge >= 0.3 is 0 Å². The Morgan fingerprint density at radius 2 is 2.12 bits per heavy atom. The first-order valence-corrected chi connectivity index (χ1v) is 7.14. The van der Waals surface area contributed by atoms with Gasteiger partial charge in [-0.05, 0) is 43.0 Å². The lowest BCUT2D eigenvalue weighted by molar-refractivity contribution is 0.195. The Labute approximate surface area is 112 Å². The fourth-order valence-corrected chi connectivity index (χ4v) is 2.95. The Hall–Kier alpha value is -0.380. The van der Waals surface area contributed by atoms with Crippen LogP contribution in [0.2, 0.25) is 0 Å². The van der Waals surface area contributed by atoms with E-state index in [9.17, 15) is 5.11 Å². The lowest BCUT2D eigenvalue weighted by atomic mass is 10.0. The summed E-state index contributed by atoms with van der Waals surface area (Å²) in [5.74, 6) is 0.472. The van der Waals surface area contributed by atoms with Crippen LogP contribution in [0.25, 0.3) is 0 Å². The molecule has 2 rings (SSSR count). The van der Waals surface area contributed by atoms with Gasteiger partial charge in [-0.25, -0.2) is 0 Å². The molecular formula is C14H20BrNO. The maximum absolute atomic E-state index is 9.21. The second-order valence-electron chi connectivity index (χ2n) is 4.81. The highest BCUT2D eigenvalue weighted by Crippen LogP contribution is 2.30. The van der Waals surface area contributed by atoms with E-state index in [1.807, 2.05) is 0 Å². The third kappa shape index (κ3) is 3.09. The van der Waals surface area contributed by atoms with E-state index >= 15 is 0 Å². The minimum absolute atomic E-state index is 0.327. The lowest BCUT2D eigenvalue weighted by Gasteiger charge is -2.27. The normalized spacial score (nSPS) is 22.9. The van der Waals surface area contributed by atoms with Crippen molar-refractivity contribution < 1.29 is 5.11 Å². The molecule has 1 aromatic rings. The van der Waals surface area contributed by atoms with Crippen LogP contribution in [-0.4, -0.2) is 29.7 Å². The summed E-state index contributed by atoms with van der Waals surface area (Å²) in [5, 5.41) is 9.21. The first kappa shape index (κ1) is 13.1. The highest BCUT2D eigenvalue weighted by Gasteiger charge is 2.27. The van der Waals surface area contributed by atoms with Gasteiger partial charge in [-0.15, -0.1) is 0 Å². The number of aliphatic hydroxyl groups excluding tert-OH is 1. The van der Waals surface area contributed by atoms with Gasteiger partial charge in [0.25, 0.3) is 0 Å². The topological polar surface area (TPSA) is 23.5 Å². The monoisotopic (exact) mass is 297 g/mol. The highest BCUT2D eigenvalue weighted by atomic mass is 79.9. The van der Waals surface area contributed by atoms with E-state index in [-0.39, 0.29) is 0 Å². The summed E-state index contributed by atoms with van der Waals surface area (Å²) in [7, 11) is 0. The van der Waals surface area contributed by atoms with Crippen molar-refractivity contribution in [2.45, 2.75) is 25.8 Å². The molecule has 17 heavy (non-hydrogen) atoms. The van der Waals surface area contributed by atoms with Crippen molar-refractivity contribution in [1.82, 2.24) is 4.90 Å². The van der Waals surface area contributed by atoms with Crippen molar-refractivity contribution in [2.75, 3.05) is 19.7 Å². The van der Waals surface area contributed by atoms with Crippen molar-refractivity contribution in [3.05, 3.63) is 34.3 Å². The summed E-state index contributed by atoms with van der Waals surface area (Å²) in [6.45, 7) is 4.71. The van der Waals surface area contributed by atoms with Crippen molar-refractivity contribution in [3.8, 4) is 0 Å². The van der Waals surface area contributed by atoms with Crippen molar-refractivity contribution >= 4 is 15.9 Å². The second-order valence-corrected chi connectivity index (χ2v) is 5.72. The molecule has 2 nitrogen and oxygen atoms in total. The predicted octanol–water partition coefficient (Wildman–Crippen LogP) is 3.21. The molecule has 3 heteroatoms. The molecule has 1 aliphatic heterocycles. The van der Waals surface area contributed by atoms with Crippen LogP contribution in [0.15, 0.2) is 28.7 Å². The molecule has 0 radical (unpaired) electrons. The van der Waals surface area contributed by atoms with Crippen LogP contribution in [-0.2, 0) is 0 Å². The minimum Gasteiger partial charge on any atom is -0.396 e. The number of nitrogens with zero attached hydrogens (tertiary/aromatic N) is 1. The number of halogens is 1. The van der Waals surface area contributed by atoms with Gasteiger partial charge in [-0.1, -0.05) is 35.0 Å². The maximum Gasteiger partial charge on any atom is 0.0471 e. The molecule has 1 saturated heterocycles. The Balaban J connectivity index is 2.08. The Kier molecular flexibility index (Phi) is 4.60. The molecule has 0 bridgehead atoms. The van der Waals surface area contributed by atoms with Crippen molar-refractivity contribution in [1.29, 1.82) is 0 Å². The summed E-state index contributed by atoms with van der Waals surface area (Å²) in [6, 6.07) is 9.11. The van der Waals surface area contributed by atoms with E-state index in [1.54, 1.807) is 0 Å². The Morgan fingerprint density at radius 3 is 2.65 bits per heavy atom. The number of likely N-dealkylation sites (tertiary alicyclic amines) is 1. The third-order valence-electron chi connectivity index (χ3n) is 3.66. The van der Waals surface area contributed by atoms with E-state index in [2.05, 4.69) is 52.0 Å². The van der Waals surface area contributed by atoms with Gasteiger partial charge in [-0.2, -0.15) is 0 Å². The molecule has 0 saturated carbocycles. The van der Waals surface area contributed by atoms with Crippen LogP contribution in [0, 0.1) is 5.92 Å². The first-order chi connectivity index (χ1) is 8.24. The molecular weight excluding hydrogens is 278 g/mol. The number of hydrogen-bond donors (Lipinski definition) is 1. The fourth-order valence-electron chi connectivity index (χ4n) is 2.68. The summed E-state index contributed by atoms with van der Waals surface area (Å²) in [4.78, 5) is 2.50. The molecule has 0 amide bonds. The van der Waals surface area contributed by atoms with E-state index in [0.29, 0.717) is 18.6 Å². The summed E-state index contributed by atoms with van der Waals surface area (Å²) >= 11 is 3.47. The van der Waals surface area contributed by atoms with Gasteiger partial charge in [0.1, 0.15) is 0 Å². The molecule has 0 aliphatic carbocycles. The quantitative estimate of drug-likeness (QED) is 0.922. The van der Waals surface area contributed by atoms with Gasteiger partial charge in [-0.3, -0.25) is 4.90 Å². The standard InChI is InChI=1S/C14H20BrNO/c1-2-14(12-3-5-13(15)6-4-12)16-8-7-11(9-16)10-17/h3-6,11,14,17H,2,7-10H2,1H3/t11-,14+/m0/s1. The van der Waals surface area contributed by atoms with Crippen LogP contribution in [0.1, 0.15) is 31.4 Å². The van der Waals surface area contributed by atoms with Gasteiger partial charge in [0.05, 0.1) is 0 Å². The maximum atomic E-state index is 9.21.